The summed E-state index contributed by atoms with van der Waals surface area (Å²) in [4.78, 5) is 30.9. The molecule has 0 radical (unpaired) electrons. The molecule has 0 aromatic carbocycles. The van der Waals surface area contributed by atoms with Crippen molar-refractivity contribution in [1.82, 2.24) is 5.32 Å². The number of carbonyl (C=O) groups is 3. The summed E-state index contributed by atoms with van der Waals surface area (Å²) in [6.45, 7) is -2.50. The molecule has 1 aliphatic rings. The highest BCUT2D eigenvalue weighted by molar-refractivity contribution is 6.14. The van der Waals surface area contributed by atoms with E-state index in [1.807, 2.05) is 0 Å². The number of allylic oxidation sites excluding steroid dienone is 4. The average Bonchev–Trinajstić information content (AvgIpc) is 2.38. The number of hydrogen-bond acceptors (Lipinski definition) is 5. The predicted octanol–water partition coefficient (Wildman–Crippen LogP) is 0.241. The maximum absolute atomic E-state index is 11.7. The Labute approximate surface area is 114 Å². The van der Waals surface area contributed by atoms with Crippen molar-refractivity contribution < 1.29 is 28.3 Å². The number of nitrogens with one attached hydrogen (secondary N) is 1. The zero-order valence-corrected chi connectivity index (χ0v) is 10.6. The number of rotatable bonds is 6. The summed E-state index contributed by atoms with van der Waals surface area (Å²) in [5.41, 5.74) is 5.10. The molecule has 6 nitrogen and oxygen atoms in total. The zero-order valence-electron chi connectivity index (χ0n) is 10.6. The van der Waals surface area contributed by atoms with E-state index in [1.165, 1.54) is 24.3 Å². The van der Waals surface area contributed by atoms with Crippen LogP contribution in [0.1, 0.15) is 12.8 Å². The summed E-state index contributed by atoms with van der Waals surface area (Å²) in [6, 6.07) is -1.20. The van der Waals surface area contributed by atoms with E-state index in [9.17, 15) is 23.2 Å². The molecule has 0 aromatic heterocycles. The number of ketones is 2. The highest BCUT2D eigenvalue weighted by Crippen LogP contribution is 1.99. The molecular weight excluding hydrogens is 274 g/mol. The van der Waals surface area contributed by atoms with Crippen molar-refractivity contribution in [1.29, 1.82) is 0 Å². The van der Waals surface area contributed by atoms with Gasteiger partial charge in [0, 0.05) is 0 Å². The Kier molecular flexibility index (Phi) is 8.97. The molecule has 0 heterocycles. The van der Waals surface area contributed by atoms with E-state index < -0.39 is 18.6 Å². The highest BCUT2D eigenvalue weighted by Gasteiger charge is 2.19. The Morgan fingerprint density at radius 1 is 1.20 bits per heavy atom. The molecule has 0 aliphatic heterocycles. The van der Waals surface area contributed by atoms with Crippen LogP contribution in [0.5, 0.6) is 0 Å². The summed E-state index contributed by atoms with van der Waals surface area (Å²) in [5.74, 6) is -1.52. The molecule has 0 spiro atoms. The van der Waals surface area contributed by atoms with Gasteiger partial charge in [-0.05, 0) is 43.7 Å². The molecule has 0 saturated heterocycles. The van der Waals surface area contributed by atoms with Crippen molar-refractivity contribution in [2.45, 2.75) is 25.4 Å². The second-order valence-corrected chi connectivity index (χ2v) is 3.76. The Hall–Kier alpha value is -1.93. The van der Waals surface area contributed by atoms with Crippen molar-refractivity contribution in [2.24, 2.45) is 5.73 Å². The number of aliphatic carboxylic acids is 1. The normalized spacial score (nSPS) is 15.0. The molecule has 8 heteroatoms. The molecule has 4 N–H and O–H groups in total. The summed E-state index contributed by atoms with van der Waals surface area (Å²) in [6.07, 6.45) is 5.54. The fourth-order valence-corrected chi connectivity index (χ4v) is 1.19. The average molecular weight is 290 g/mol. The minimum absolute atomic E-state index is 0.121. The minimum Gasteiger partial charge on any atom is -0.480 e. The third kappa shape index (κ3) is 9.06. The lowest BCUT2D eigenvalue weighted by atomic mass is 10.1. The molecule has 1 aliphatic carbocycles. The molecule has 20 heavy (non-hydrogen) atoms. The van der Waals surface area contributed by atoms with Crippen LogP contribution in [0.15, 0.2) is 24.3 Å². The largest absolute Gasteiger partial charge is 0.480 e. The predicted molar refractivity (Wildman–Crippen MR) is 67.1 cm³/mol. The quantitative estimate of drug-likeness (QED) is 0.477. The molecular formula is C12H16F2N2O4. The van der Waals surface area contributed by atoms with Gasteiger partial charge in [0.25, 0.3) is 6.55 Å². The topological polar surface area (TPSA) is 109 Å². The lowest BCUT2D eigenvalue weighted by Gasteiger charge is -2.12. The number of carbonyl (C=O) groups excluding carboxylic acids is 2. The first kappa shape index (κ1) is 18.1. The third-order valence-electron chi connectivity index (χ3n) is 2.15. The molecule has 1 rings (SSSR count). The molecule has 0 aromatic rings. The lowest BCUT2D eigenvalue weighted by Crippen LogP contribution is -2.40. The van der Waals surface area contributed by atoms with Crippen molar-refractivity contribution in [3.8, 4) is 0 Å². The second kappa shape index (κ2) is 9.93. The van der Waals surface area contributed by atoms with Gasteiger partial charge < -0.3 is 10.8 Å². The number of carboxylic acid groups (broad SMARTS) is 1. The van der Waals surface area contributed by atoms with Crippen molar-refractivity contribution >= 4 is 17.5 Å². The van der Waals surface area contributed by atoms with E-state index in [-0.39, 0.29) is 18.0 Å². The van der Waals surface area contributed by atoms with Crippen molar-refractivity contribution in [3.05, 3.63) is 24.3 Å². The fourth-order valence-electron chi connectivity index (χ4n) is 1.19. The van der Waals surface area contributed by atoms with Gasteiger partial charge in [-0.25, -0.2) is 5.32 Å². The van der Waals surface area contributed by atoms with Crippen molar-refractivity contribution in [3.63, 3.8) is 0 Å². The van der Waals surface area contributed by atoms with E-state index in [4.69, 9.17) is 10.8 Å². The Bertz CT molecular complexity index is 370. The summed E-state index contributed by atoms with van der Waals surface area (Å²) < 4.78 is 23.3. The number of hydrogen-bond donors (Lipinski definition) is 3. The second-order valence-electron chi connectivity index (χ2n) is 3.76. The van der Waals surface area contributed by atoms with Gasteiger partial charge in [0.2, 0.25) is 0 Å². The first-order chi connectivity index (χ1) is 9.36. The summed E-state index contributed by atoms with van der Waals surface area (Å²) in [7, 11) is 0. The lowest BCUT2D eigenvalue weighted by molar-refractivity contribution is -0.141. The van der Waals surface area contributed by atoms with Gasteiger partial charge in [-0.15, -0.1) is 0 Å². The molecule has 112 valence electrons. The third-order valence-corrected chi connectivity index (χ3v) is 2.15. The Morgan fingerprint density at radius 2 is 1.65 bits per heavy atom. The van der Waals surface area contributed by atoms with Gasteiger partial charge in [-0.1, -0.05) is 0 Å². The monoisotopic (exact) mass is 290 g/mol. The molecule has 0 fully saturated rings. The van der Waals surface area contributed by atoms with Gasteiger partial charge in [0.05, 0.1) is 0 Å². The van der Waals surface area contributed by atoms with Gasteiger partial charge in [0.15, 0.2) is 11.6 Å². The number of halogens is 2. The fraction of sp³-hybridized carbons (Fsp3) is 0.417. The number of carboxylic acids is 1. The highest BCUT2D eigenvalue weighted by atomic mass is 19.3. The Balaban J connectivity index is 0.000000388. The van der Waals surface area contributed by atoms with Crippen LogP contribution in [0.4, 0.5) is 8.78 Å². The zero-order chi connectivity index (χ0) is 15.5. The van der Waals surface area contributed by atoms with Crippen LogP contribution in [0, 0.1) is 0 Å². The Morgan fingerprint density at radius 3 is 1.95 bits per heavy atom. The van der Waals surface area contributed by atoms with E-state index in [0.29, 0.717) is 13.0 Å². The van der Waals surface area contributed by atoms with E-state index in [2.05, 4.69) is 0 Å². The molecule has 1 unspecified atom stereocenters. The smallest absolute Gasteiger partial charge is 0.320 e. The summed E-state index contributed by atoms with van der Waals surface area (Å²) in [5, 5.41) is 10.0. The molecule has 0 bridgehead atoms. The van der Waals surface area contributed by atoms with Gasteiger partial charge in [0.1, 0.15) is 6.04 Å². The van der Waals surface area contributed by atoms with E-state index in [1.54, 1.807) is 5.32 Å². The SMILES string of the molecule is NCCCC(NC(F)F)C(=O)O.O=C1C=CC(=O)C=C1. The first-order valence-corrected chi connectivity index (χ1v) is 5.78. The number of nitrogens with two attached hydrogens (primary N) is 1. The van der Waals surface area contributed by atoms with Crippen LogP contribution in [0.2, 0.25) is 0 Å². The molecule has 0 saturated carbocycles. The van der Waals surface area contributed by atoms with Crippen LogP contribution >= 0.6 is 0 Å². The van der Waals surface area contributed by atoms with Gasteiger partial charge in [-0.3, -0.25) is 14.4 Å². The van der Waals surface area contributed by atoms with Crippen LogP contribution in [0.25, 0.3) is 0 Å². The van der Waals surface area contributed by atoms with Crippen LogP contribution in [-0.2, 0) is 14.4 Å². The standard InChI is InChI=1S/C6H12F2N2O2.C6H4O2/c7-6(8)10-4(5(11)12)2-1-3-9;7-5-1-2-6(8)4-3-5/h4,6,10H,1-3,9H2,(H,11,12);1-4H. The van der Waals surface area contributed by atoms with Crippen LogP contribution in [0.3, 0.4) is 0 Å². The number of alkyl halides is 2. The van der Waals surface area contributed by atoms with E-state index >= 15 is 0 Å². The maximum Gasteiger partial charge on any atom is 0.320 e. The molecule has 0 amide bonds. The van der Waals surface area contributed by atoms with Gasteiger partial charge >= 0.3 is 5.97 Å². The maximum atomic E-state index is 11.7. The molecule has 1 atom stereocenters. The van der Waals surface area contributed by atoms with Crippen LogP contribution in [-0.4, -0.2) is 41.8 Å². The first-order valence-electron chi connectivity index (χ1n) is 5.78. The summed E-state index contributed by atoms with van der Waals surface area (Å²) >= 11 is 0. The van der Waals surface area contributed by atoms with Gasteiger partial charge in [-0.2, -0.15) is 8.78 Å². The van der Waals surface area contributed by atoms with Crippen LogP contribution < -0.4 is 11.1 Å². The van der Waals surface area contributed by atoms with E-state index in [0.717, 1.165) is 0 Å². The van der Waals surface area contributed by atoms with Crippen molar-refractivity contribution in [2.75, 3.05) is 6.54 Å². The minimum atomic E-state index is -2.80.